The lowest BCUT2D eigenvalue weighted by molar-refractivity contribution is -0.135. The Morgan fingerprint density at radius 2 is 2.11 bits per heavy atom. The fourth-order valence-corrected chi connectivity index (χ4v) is 3.88. The van der Waals surface area contributed by atoms with E-state index in [9.17, 15) is 9.59 Å². The van der Waals surface area contributed by atoms with Gasteiger partial charge in [0.15, 0.2) is 0 Å². The number of amides is 2. The molecule has 0 aliphatic carbocycles. The number of hydrogen-bond donors (Lipinski definition) is 0. The highest BCUT2D eigenvalue weighted by atomic mass is 32.1. The maximum Gasteiger partial charge on any atom is 0.228 e. The highest BCUT2D eigenvalue weighted by molar-refractivity contribution is 7.00. The van der Waals surface area contributed by atoms with Crippen molar-refractivity contribution in [1.29, 1.82) is 0 Å². The van der Waals surface area contributed by atoms with Crippen LogP contribution in [0, 0.1) is 5.92 Å². The molecule has 3 aromatic rings. The van der Waals surface area contributed by atoms with E-state index in [1.807, 2.05) is 36.4 Å². The van der Waals surface area contributed by atoms with Crippen LogP contribution in [0.3, 0.4) is 0 Å². The van der Waals surface area contributed by atoms with Crippen LogP contribution in [-0.4, -0.2) is 48.9 Å². The van der Waals surface area contributed by atoms with Crippen molar-refractivity contribution in [1.82, 2.24) is 23.5 Å². The summed E-state index contributed by atoms with van der Waals surface area (Å²) in [4.78, 5) is 32.8. The minimum absolute atomic E-state index is 0.00219. The first-order valence-corrected chi connectivity index (χ1v) is 9.47. The number of rotatable bonds is 5. The number of pyridine rings is 1. The minimum atomic E-state index is -0.309. The molecular formula is C19H19N5O2S. The van der Waals surface area contributed by atoms with Crippen LogP contribution < -0.4 is 0 Å². The Balaban J connectivity index is 1.39. The van der Waals surface area contributed by atoms with Gasteiger partial charge in [0, 0.05) is 32.8 Å². The highest BCUT2D eigenvalue weighted by Gasteiger charge is 2.35. The Hall–Kier alpha value is -2.87. The van der Waals surface area contributed by atoms with Gasteiger partial charge in [-0.3, -0.25) is 14.6 Å². The number of likely N-dealkylation sites (tertiary alicyclic amines) is 1. The molecule has 2 amide bonds. The molecule has 0 bridgehead atoms. The molecule has 1 aliphatic heterocycles. The van der Waals surface area contributed by atoms with Crippen molar-refractivity contribution in [3.8, 4) is 0 Å². The lowest BCUT2D eigenvalue weighted by atomic mass is 10.1. The zero-order valence-electron chi connectivity index (χ0n) is 14.9. The van der Waals surface area contributed by atoms with Crippen LogP contribution in [0.4, 0.5) is 0 Å². The van der Waals surface area contributed by atoms with Gasteiger partial charge in [-0.15, -0.1) is 0 Å². The number of aromatic nitrogens is 3. The molecular weight excluding hydrogens is 362 g/mol. The van der Waals surface area contributed by atoms with Crippen molar-refractivity contribution in [3.05, 3.63) is 53.9 Å². The molecule has 1 atom stereocenters. The topological polar surface area (TPSA) is 79.3 Å². The fraction of sp³-hybridized carbons (Fsp3) is 0.316. The molecule has 1 aliphatic rings. The van der Waals surface area contributed by atoms with Crippen LogP contribution in [0.5, 0.6) is 0 Å². The van der Waals surface area contributed by atoms with Crippen LogP contribution in [0.1, 0.15) is 17.7 Å². The maximum absolute atomic E-state index is 12.8. The molecule has 1 aromatic carbocycles. The lowest BCUT2D eigenvalue weighted by Crippen LogP contribution is -2.34. The minimum Gasteiger partial charge on any atom is -0.341 e. The predicted molar refractivity (Wildman–Crippen MR) is 102 cm³/mol. The highest BCUT2D eigenvalue weighted by Crippen LogP contribution is 2.22. The normalized spacial score (nSPS) is 16.9. The summed E-state index contributed by atoms with van der Waals surface area (Å²) in [5, 5.41) is 0. The number of carbonyl (C=O) groups excluding carboxylic acids is 2. The van der Waals surface area contributed by atoms with Crippen LogP contribution in [0.15, 0.2) is 42.6 Å². The molecule has 27 heavy (non-hydrogen) atoms. The first kappa shape index (κ1) is 17.5. The van der Waals surface area contributed by atoms with Gasteiger partial charge in [-0.05, 0) is 29.8 Å². The molecule has 1 saturated heterocycles. The third-order valence-corrected chi connectivity index (χ3v) is 5.31. The molecule has 0 spiro atoms. The van der Waals surface area contributed by atoms with Gasteiger partial charge in [-0.25, -0.2) is 0 Å². The SMILES string of the molecule is CN(Cc1ccc2nsnc2c1)C(=O)C1CC(=O)N(Cc2ccccn2)C1. The van der Waals surface area contributed by atoms with Gasteiger partial charge in [0.1, 0.15) is 11.0 Å². The molecule has 8 heteroatoms. The molecule has 7 nitrogen and oxygen atoms in total. The van der Waals surface area contributed by atoms with E-state index < -0.39 is 0 Å². The molecule has 138 valence electrons. The van der Waals surface area contributed by atoms with Gasteiger partial charge in [0.25, 0.3) is 0 Å². The van der Waals surface area contributed by atoms with Gasteiger partial charge < -0.3 is 9.80 Å². The summed E-state index contributed by atoms with van der Waals surface area (Å²) in [6.45, 7) is 1.37. The van der Waals surface area contributed by atoms with E-state index in [1.165, 1.54) is 11.7 Å². The number of carbonyl (C=O) groups is 2. The summed E-state index contributed by atoms with van der Waals surface area (Å²) in [6, 6.07) is 11.5. The zero-order chi connectivity index (χ0) is 18.8. The van der Waals surface area contributed by atoms with E-state index in [2.05, 4.69) is 13.7 Å². The van der Waals surface area contributed by atoms with E-state index in [4.69, 9.17) is 0 Å². The van der Waals surface area contributed by atoms with Crippen molar-refractivity contribution in [2.75, 3.05) is 13.6 Å². The molecule has 1 fully saturated rings. The van der Waals surface area contributed by atoms with Gasteiger partial charge in [0.2, 0.25) is 11.8 Å². The summed E-state index contributed by atoms with van der Waals surface area (Å²) >= 11 is 1.18. The number of benzene rings is 1. The molecule has 4 rings (SSSR count). The van der Waals surface area contributed by atoms with E-state index >= 15 is 0 Å². The van der Waals surface area contributed by atoms with E-state index in [0.717, 1.165) is 22.3 Å². The molecule has 0 saturated carbocycles. The van der Waals surface area contributed by atoms with Crippen LogP contribution >= 0.6 is 11.7 Å². The first-order valence-electron chi connectivity index (χ1n) is 8.74. The second kappa shape index (κ2) is 7.40. The standard InChI is InChI=1S/C19H19N5O2S/c1-23(10-13-5-6-16-17(8-13)22-27-21-16)19(26)14-9-18(25)24(11-14)12-15-4-2-3-7-20-15/h2-8,14H,9-12H2,1H3. The molecule has 0 radical (unpaired) electrons. The van der Waals surface area contributed by atoms with E-state index in [0.29, 0.717) is 19.6 Å². The Morgan fingerprint density at radius 3 is 2.93 bits per heavy atom. The number of fused-ring (bicyclic) bond motifs is 1. The van der Waals surface area contributed by atoms with Gasteiger partial charge >= 0.3 is 0 Å². The van der Waals surface area contributed by atoms with Gasteiger partial charge in [0.05, 0.1) is 29.9 Å². The summed E-state index contributed by atoms with van der Waals surface area (Å²) in [6.07, 6.45) is 1.96. The Bertz CT molecular complexity index is 974. The largest absolute Gasteiger partial charge is 0.341 e. The van der Waals surface area contributed by atoms with Crippen LogP contribution in [0.2, 0.25) is 0 Å². The van der Waals surface area contributed by atoms with Crippen molar-refractivity contribution in [3.63, 3.8) is 0 Å². The van der Waals surface area contributed by atoms with Gasteiger partial charge in [-0.1, -0.05) is 12.1 Å². The summed E-state index contributed by atoms with van der Waals surface area (Å²) in [5.41, 5.74) is 3.54. The summed E-state index contributed by atoms with van der Waals surface area (Å²) in [5.74, 6) is -0.318. The predicted octanol–water partition coefficient (Wildman–Crippen LogP) is 2.09. The second-order valence-electron chi connectivity index (χ2n) is 6.78. The van der Waals surface area contributed by atoms with Crippen LogP contribution in [-0.2, 0) is 22.7 Å². The quantitative estimate of drug-likeness (QED) is 0.676. The first-order chi connectivity index (χ1) is 13.1. The summed E-state index contributed by atoms with van der Waals surface area (Å²) < 4.78 is 8.43. The Labute approximate surface area is 161 Å². The van der Waals surface area contributed by atoms with Crippen molar-refractivity contribution in [2.45, 2.75) is 19.5 Å². The van der Waals surface area contributed by atoms with Crippen molar-refractivity contribution < 1.29 is 9.59 Å². The zero-order valence-corrected chi connectivity index (χ0v) is 15.7. The monoisotopic (exact) mass is 381 g/mol. The molecule has 3 heterocycles. The average Bonchev–Trinajstić information content (AvgIpc) is 3.28. The maximum atomic E-state index is 12.8. The fourth-order valence-electron chi connectivity index (χ4n) is 3.37. The molecule has 2 aromatic heterocycles. The Morgan fingerprint density at radius 1 is 1.26 bits per heavy atom. The molecule has 1 unspecified atom stereocenters. The number of hydrogen-bond acceptors (Lipinski definition) is 6. The van der Waals surface area contributed by atoms with E-state index in [-0.39, 0.29) is 24.2 Å². The molecule has 0 N–H and O–H groups in total. The Kier molecular flexibility index (Phi) is 4.81. The van der Waals surface area contributed by atoms with Gasteiger partial charge in [-0.2, -0.15) is 8.75 Å². The number of nitrogens with zero attached hydrogens (tertiary/aromatic N) is 5. The third-order valence-electron chi connectivity index (χ3n) is 4.76. The van der Waals surface area contributed by atoms with Crippen molar-refractivity contribution in [2.24, 2.45) is 5.92 Å². The smallest absolute Gasteiger partial charge is 0.228 e. The summed E-state index contributed by atoms with van der Waals surface area (Å²) in [7, 11) is 1.78. The third kappa shape index (κ3) is 3.80. The second-order valence-corrected chi connectivity index (χ2v) is 7.31. The van der Waals surface area contributed by atoms with E-state index in [1.54, 1.807) is 23.0 Å². The van der Waals surface area contributed by atoms with Crippen LogP contribution in [0.25, 0.3) is 11.0 Å². The average molecular weight is 381 g/mol. The lowest BCUT2D eigenvalue weighted by Gasteiger charge is -2.21. The van der Waals surface area contributed by atoms with Crippen molar-refractivity contribution >= 4 is 34.6 Å².